The van der Waals surface area contributed by atoms with E-state index in [1.807, 2.05) is 0 Å². The van der Waals surface area contributed by atoms with Gasteiger partial charge in [-0.2, -0.15) is 0 Å². The lowest BCUT2D eigenvalue weighted by Gasteiger charge is -2.36. The predicted molar refractivity (Wildman–Crippen MR) is 75.3 cm³/mol. The number of nitrogens with zero attached hydrogens (tertiary/aromatic N) is 3. The maximum absolute atomic E-state index is 5.64. The molecule has 1 saturated carbocycles. The smallest absolute Gasteiger partial charge is 0.208 e. The first-order chi connectivity index (χ1) is 8.70. The number of hydrazine groups is 1. The van der Waals surface area contributed by atoms with E-state index in [1.165, 1.54) is 38.5 Å². The van der Waals surface area contributed by atoms with Crippen LogP contribution in [0.4, 0.5) is 0 Å². The molecule has 0 atom stereocenters. The second-order valence-electron chi connectivity index (χ2n) is 5.72. The second kappa shape index (κ2) is 6.38. The van der Waals surface area contributed by atoms with E-state index in [1.54, 1.807) is 0 Å². The highest BCUT2D eigenvalue weighted by Crippen LogP contribution is 2.22. The summed E-state index contributed by atoms with van der Waals surface area (Å²) in [6, 6.07) is 1.19. The van der Waals surface area contributed by atoms with Gasteiger partial charge in [0.2, 0.25) is 5.96 Å². The van der Waals surface area contributed by atoms with E-state index < -0.39 is 0 Å². The van der Waals surface area contributed by atoms with Crippen molar-refractivity contribution in [2.75, 3.05) is 27.2 Å². The molecule has 2 fully saturated rings. The molecule has 5 heteroatoms. The van der Waals surface area contributed by atoms with Gasteiger partial charge < -0.3 is 9.80 Å². The summed E-state index contributed by atoms with van der Waals surface area (Å²) in [5, 5.41) is 0. The highest BCUT2D eigenvalue weighted by Gasteiger charge is 2.23. The summed E-state index contributed by atoms with van der Waals surface area (Å²) in [6.45, 7) is 2.11. The minimum Gasteiger partial charge on any atom is -0.342 e. The summed E-state index contributed by atoms with van der Waals surface area (Å²) >= 11 is 0. The molecule has 104 valence electrons. The van der Waals surface area contributed by atoms with Gasteiger partial charge in [0.1, 0.15) is 0 Å². The number of guanidine groups is 1. The van der Waals surface area contributed by atoms with Gasteiger partial charge >= 0.3 is 0 Å². The van der Waals surface area contributed by atoms with Crippen molar-refractivity contribution in [1.82, 2.24) is 15.2 Å². The van der Waals surface area contributed by atoms with Gasteiger partial charge in [-0.25, -0.2) is 10.8 Å². The third-order valence-corrected chi connectivity index (χ3v) is 4.25. The van der Waals surface area contributed by atoms with E-state index in [0.717, 1.165) is 19.0 Å². The van der Waals surface area contributed by atoms with Gasteiger partial charge in [0, 0.05) is 19.1 Å². The minimum atomic E-state index is 0.489. The molecule has 0 aromatic carbocycles. The van der Waals surface area contributed by atoms with E-state index >= 15 is 0 Å². The van der Waals surface area contributed by atoms with Crippen molar-refractivity contribution < 1.29 is 0 Å². The molecule has 0 unspecified atom stereocenters. The quantitative estimate of drug-likeness (QED) is 0.330. The van der Waals surface area contributed by atoms with Crippen LogP contribution in [0.5, 0.6) is 0 Å². The molecule has 0 amide bonds. The first-order valence-electron chi connectivity index (χ1n) is 7.16. The Labute approximate surface area is 110 Å². The van der Waals surface area contributed by atoms with Gasteiger partial charge in [0.15, 0.2) is 0 Å². The normalized spacial score (nSPS) is 24.0. The Kier molecular flexibility index (Phi) is 4.83. The van der Waals surface area contributed by atoms with Crippen molar-refractivity contribution in [2.45, 2.75) is 50.6 Å². The maximum Gasteiger partial charge on any atom is 0.208 e. The Morgan fingerprint density at radius 2 is 1.78 bits per heavy atom. The lowest BCUT2D eigenvalue weighted by molar-refractivity contribution is 0.188. The third kappa shape index (κ3) is 3.36. The van der Waals surface area contributed by atoms with Gasteiger partial charge in [-0.15, -0.1) is 0 Å². The molecule has 0 aromatic rings. The Hall–Kier alpha value is -0.810. The van der Waals surface area contributed by atoms with Crippen LogP contribution in [0, 0.1) is 0 Å². The summed E-state index contributed by atoms with van der Waals surface area (Å²) in [4.78, 5) is 9.40. The molecule has 1 aliphatic heterocycles. The predicted octanol–water partition coefficient (Wildman–Crippen LogP) is 0.774. The summed E-state index contributed by atoms with van der Waals surface area (Å²) in [5.41, 5.74) is 2.81. The average molecular weight is 253 g/mol. The molecular formula is C13H27N5. The Morgan fingerprint density at radius 3 is 2.28 bits per heavy atom. The van der Waals surface area contributed by atoms with Crippen molar-refractivity contribution >= 4 is 5.96 Å². The van der Waals surface area contributed by atoms with E-state index in [2.05, 4.69) is 29.3 Å². The molecule has 1 heterocycles. The molecule has 3 N–H and O–H groups in total. The van der Waals surface area contributed by atoms with Crippen LogP contribution >= 0.6 is 0 Å². The van der Waals surface area contributed by atoms with Crippen LogP contribution in [0.3, 0.4) is 0 Å². The fourth-order valence-corrected chi connectivity index (χ4v) is 3.01. The topological polar surface area (TPSA) is 56.9 Å². The highest BCUT2D eigenvalue weighted by atomic mass is 15.4. The van der Waals surface area contributed by atoms with Crippen LogP contribution in [0.1, 0.15) is 38.5 Å². The largest absolute Gasteiger partial charge is 0.342 e. The zero-order chi connectivity index (χ0) is 13.0. The fourth-order valence-electron chi connectivity index (χ4n) is 3.01. The summed E-state index contributed by atoms with van der Waals surface area (Å²) < 4.78 is 0. The average Bonchev–Trinajstić information content (AvgIpc) is 2.89. The van der Waals surface area contributed by atoms with Crippen molar-refractivity contribution in [1.29, 1.82) is 0 Å². The molecule has 0 bridgehead atoms. The van der Waals surface area contributed by atoms with Gasteiger partial charge in [0.25, 0.3) is 0 Å². The zero-order valence-corrected chi connectivity index (χ0v) is 11.7. The van der Waals surface area contributed by atoms with Crippen molar-refractivity contribution in [3.63, 3.8) is 0 Å². The van der Waals surface area contributed by atoms with E-state index in [9.17, 15) is 0 Å². The highest BCUT2D eigenvalue weighted by molar-refractivity contribution is 5.79. The van der Waals surface area contributed by atoms with E-state index in [-0.39, 0.29) is 0 Å². The maximum atomic E-state index is 5.64. The number of nitrogens with one attached hydrogen (secondary N) is 1. The van der Waals surface area contributed by atoms with Gasteiger partial charge in [-0.3, -0.25) is 5.43 Å². The molecule has 2 rings (SSSR count). The first-order valence-corrected chi connectivity index (χ1v) is 7.16. The van der Waals surface area contributed by atoms with Gasteiger partial charge in [-0.05, 0) is 39.8 Å². The Bertz CT molecular complexity index is 275. The van der Waals surface area contributed by atoms with Crippen LogP contribution < -0.4 is 11.3 Å². The summed E-state index contributed by atoms with van der Waals surface area (Å²) in [5.74, 6) is 6.55. The summed E-state index contributed by atoms with van der Waals surface area (Å²) in [7, 11) is 4.32. The third-order valence-electron chi connectivity index (χ3n) is 4.25. The van der Waals surface area contributed by atoms with Crippen LogP contribution in [0.2, 0.25) is 0 Å². The molecule has 1 aliphatic carbocycles. The van der Waals surface area contributed by atoms with Crippen LogP contribution in [-0.2, 0) is 0 Å². The van der Waals surface area contributed by atoms with E-state index in [0.29, 0.717) is 12.1 Å². The number of likely N-dealkylation sites (tertiary alicyclic amines) is 1. The first kappa shape index (κ1) is 13.6. The number of hydrogen-bond donors (Lipinski definition) is 2. The van der Waals surface area contributed by atoms with Crippen LogP contribution in [0.25, 0.3) is 0 Å². The lowest BCUT2D eigenvalue weighted by atomic mass is 10.0. The molecule has 18 heavy (non-hydrogen) atoms. The van der Waals surface area contributed by atoms with Crippen molar-refractivity contribution in [3.05, 3.63) is 0 Å². The SMILES string of the molecule is CN(C)C1CCN(C(=NC2CCCC2)NN)CC1. The molecule has 0 spiro atoms. The number of hydrogen-bond acceptors (Lipinski definition) is 3. The number of aliphatic imine (C=N–C) groups is 1. The van der Waals surface area contributed by atoms with Gasteiger partial charge in [0.05, 0.1) is 6.04 Å². The zero-order valence-electron chi connectivity index (χ0n) is 11.7. The van der Waals surface area contributed by atoms with Gasteiger partial charge in [-0.1, -0.05) is 12.8 Å². The van der Waals surface area contributed by atoms with Crippen molar-refractivity contribution in [2.24, 2.45) is 10.8 Å². The van der Waals surface area contributed by atoms with Crippen LogP contribution in [0.15, 0.2) is 4.99 Å². The lowest BCUT2D eigenvalue weighted by Crippen LogP contribution is -2.51. The number of nitrogens with two attached hydrogens (primary N) is 1. The standard InChI is InChI=1S/C13H27N5/c1-17(2)12-7-9-18(10-8-12)13(16-14)15-11-5-3-4-6-11/h11-12H,3-10,14H2,1-2H3,(H,15,16). The number of piperidine rings is 1. The molecule has 5 nitrogen and oxygen atoms in total. The van der Waals surface area contributed by atoms with Crippen molar-refractivity contribution in [3.8, 4) is 0 Å². The second-order valence-corrected chi connectivity index (χ2v) is 5.72. The fraction of sp³-hybridized carbons (Fsp3) is 0.923. The van der Waals surface area contributed by atoms with Crippen LogP contribution in [-0.4, -0.2) is 55.0 Å². The molecular weight excluding hydrogens is 226 g/mol. The summed E-state index contributed by atoms with van der Waals surface area (Å²) in [6.07, 6.45) is 7.46. The Balaban J connectivity index is 1.89. The number of rotatable bonds is 2. The minimum absolute atomic E-state index is 0.489. The molecule has 0 radical (unpaired) electrons. The molecule has 1 saturated heterocycles. The molecule has 2 aliphatic rings. The molecule has 0 aromatic heterocycles. The Morgan fingerprint density at radius 1 is 1.17 bits per heavy atom. The van der Waals surface area contributed by atoms with E-state index in [4.69, 9.17) is 10.8 Å². The monoisotopic (exact) mass is 253 g/mol.